The summed E-state index contributed by atoms with van der Waals surface area (Å²) in [5.41, 5.74) is 1.05. The van der Waals surface area contributed by atoms with E-state index in [9.17, 15) is 4.79 Å². The minimum atomic E-state index is -0.212. The van der Waals surface area contributed by atoms with Gasteiger partial charge in [-0.1, -0.05) is 42.5 Å². The molecule has 1 atom stereocenters. The van der Waals surface area contributed by atoms with Crippen LogP contribution in [0, 0.1) is 5.41 Å². The summed E-state index contributed by atoms with van der Waals surface area (Å²) in [6.07, 6.45) is 7.77. The Bertz CT molecular complexity index is 391. The van der Waals surface area contributed by atoms with Gasteiger partial charge in [0.05, 0.1) is 5.41 Å². The summed E-state index contributed by atoms with van der Waals surface area (Å²) in [7, 11) is 0. The molecule has 1 aliphatic carbocycles. The first-order valence-electron chi connectivity index (χ1n) is 5.98. The first-order valence-corrected chi connectivity index (χ1v) is 5.98. The number of carbonyl (C=O) groups is 1. The van der Waals surface area contributed by atoms with Gasteiger partial charge in [-0.2, -0.15) is 0 Å². The van der Waals surface area contributed by atoms with Gasteiger partial charge >= 0.3 is 0 Å². The third-order valence-corrected chi connectivity index (χ3v) is 3.43. The fraction of sp³-hybridized carbons (Fsp3) is 0.400. The van der Waals surface area contributed by atoms with Gasteiger partial charge in [0.15, 0.2) is 0 Å². The molecule has 0 heterocycles. The largest absolute Gasteiger partial charge is 0.299 e. The summed E-state index contributed by atoms with van der Waals surface area (Å²) in [4.78, 5) is 12.0. The van der Waals surface area contributed by atoms with Crippen LogP contribution in [0.3, 0.4) is 0 Å². The lowest BCUT2D eigenvalue weighted by Gasteiger charge is -2.23. The van der Waals surface area contributed by atoms with Crippen LogP contribution in [0.2, 0.25) is 0 Å². The smallest absolute Gasteiger partial charge is 0.143 e. The van der Waals surface area contributed by atoms with Crippen molar-refractivity contribution in [3.05, 3.63) is 48.0 Å². The van der Waals surface area contributed by atoms with Gasteiger partial charge in [0, 0.05) is 6.42 Å². The lowest BCUT2D eigenvalue weighted by molar-refractivity contribution is -0.123. The van der Waals surface area contributed by atoms with Crippen molar-refractivity contribution >= 4 is 5.78 Å². The number of Topliss-reactive ketones (excluding diaryl/α,β-unsaturated/α-hetero) is 1. The van der Waals surface area contributed by atoms with Gasteiger partial charge in [-0.25, -0.2) is 0 Å². The zero-order chi connectivity index (χ0) is 11.4. The molecule has 0 amide bonds. The van der Waals surface area contributed by atoms with Crippen molar-refractivity contribution in [2.45, 2.75) is 32.6 Å². The summed E-state index contributed by atoms with van der Waals surface area (Å²) in [5.74, 6) is 0.412. The Morgan fingerprint density at radius 1 is 1.31 bits per heavy atom. The molecule has 16 heavy (non-hydrogen) atoms. The Labute approximate surface area is 97.2 Å². The standard InChI is InChI=1S/C15H18O/c1-2-10-15(11-6-9-14(15)16)12-13-7-4-3-5-8-13/h2-5,7-8,10H,6,9,11-12H2,1H3/b10-2+/t15-/m1/s1. The quantitative estimate of drug-likeness (QED) is 0.703. The number of carbonyl (C=O) groups excluding carboxylic acids is 1. The van der Waals surface area contributed by atoms with Crippen LogP contribution >= 0.6 is 0 Å². The van der Waals surface area contributed by atoms with Crippen LogP contribution in [0.25, 0.3) is 0 Å². The Balaban J connectivity index is 2.25. The second-order valence-corrected chi connectivity index (χ2v) is 4.60. The predicted octanol–water partition coefficient (Wildman–Crippen LogP) is 3.54. The number of allylic oxidation sites excluding steroid dienone is 2. The molecule has 2 rings (SSSR count). The highest BCUT2D eigenvalue weighted by Crippen LogP contribution is 2.39. The highest BCUT2D eigenvalue weighted by Gasteiger charge is 2.39. The van der Waals surface area contributed by atoms with Gasteiger partial charge in [0.2, 0.25) is 0 Å². The van der Waals surface area contributed by atoms with Crippen LogP contribution in [-0.4, -0.2) is 5.78 Å². The van der Waals surface area contributed by atoms with E-state index in [0.29, 0.717) is 5.78 Å². The van der Waals surface area contributed by atoms with E-state index in [0.717, 1.165) is 25.7 Å². The zero-order valence-corrected chi connectivity index (χ0v) is 9.78. The molecule has 0 N–H and O–H groups in total. The van der Waals surface area contributed by atoms with Crippen molar-refractivity contribution in [2.75, 3.05) is 0 Å². The van der Waals surface area contributed by atoms with Crippen molar-refractivity contribution < 1.29 is 4.79 Å². The second-order valence-electron chi connectivity index (χ2n) is 4.60. The van der Waals surface area contributed by atoms with Gasteiger partial charge in [-0.05, 0) is 31.7 Å². The number of hydrogen-bond acceptors (Lipinski definition) is 1. The normalized spacial score (nSPS) is 25.4. The maximum absolute atomic E-state index is 12.0. The third-order valence-electron chi connectivity index (χ3n) is 3.43. The fourth-order valence-electron chi connectivity index (χ4n) is 2.65. The molecule has 0 saturated heterocycles. The molecule has 1 aliphatic rings. The average molecular weight is 214 g/mol. The van der Waals surface area contributed by atoms with Crippen LogP contribution in [0.1, 0.15) is 31.7 Å². The van der Waals surface area contributed by atoms with Gasteiger partial charge in [0.1, 0.15) is 5.78 Å². The highest BCUT2D eigenvalue weighted by molar-refractivity contribution is 5.89. The monoisotopic (exact) mass is 214 g/mol. The minimum Gasteiger partial charge on any atom is -0.299 e. The summed E-state index contributed by atoms with van der Waals surface area (Å²) < 4.78 is 0. The molecule has 84 valence electrons. The van der Waals surface area contributed by atoms with Crippen LogP contribution in [0.5, 0.6) is 0 Å². The average Bonchev–Trinajstić information content (AvgIpc) is 2.62. The molecule has 0 aromatic heterocycles. The lowest BCUT2D eigenvalue weighted by atomic mass is 9.79. The van der Waals surface area contributed by atoms with Crippen LogP contribution < -0.4 is 0 Å². The van der Waals surface area contributed by atoms with Gasteiger partial charge in [0.25, 0.3) is 0 Å². The molecular formula is C15H18O. The first-order chi connectivity index (χ1) is 7.77. The van der Waals surface area contributed by atoms with E-state index >= 15 is 0 Å². The van der Waals surface area contributed by atoms with Crippen LogP contribution in [0.15, 0.2) is 42.5 Å². The number of hydrogen-bond donors (Lipinski definition) is 0. The van der Waals surface area contributed by atoms with Crippen LogP contribution in [0.4, 0.5) is 0 Å². The van der Waals surface area contributed by atoms with E-state index in [4.69, 9.17) is 0 Å². The van der Waals surface area contributed by atoms with Crippen molar-refractivity contribution in [3.63, 3.8) is 0 Å². The summed E-state index contributed by atoms with van der Waals surface area (Å²) in [5, 5.41) is 0. The van der Waals surface area contributed by atoms with Crippen molar-refractivity contribution in [2.24, 2.45) is 5.41 Å². The third kappa shape index (κ3) is 2.08. The maximum Gasteiger partial charge on any atom is 0.143 e. The Kier molecular flexibility index (Phi) is 3.23. The summed E-state index contributed by atoms with van der Waals surface area (Å²) in [6.45, 7) is 2.00. The lowest BCUT2D eigenvalue weighted by Crippen LogP contribution is -2.25. The topological polar surface area (TPSA) is 17.1 Å². The summed E-state index contributed by atoms with van der Waals surface area (Å²) >= 11 is 0. The molecule has 1 heteroatoms. The van der Waals surface area contributed by atoms with E-state index in [-0.39, 0.29) is 5.41 Å². The molecule has 1 aromatic carbocycles. The van der Waals surface area contributed by atoms with Crippen molar-refractivity contribution in [3.8, 4) is 0 Å². The Morgan fingerprint density at radius 2 is 2.06 bits per heavy atom. The Hall–Kier alpha value is -1.37. The predicted molar refractivity (Wildman–Crippen MR) is 66.3 cm³/mol. The van der Waals surface area contributed by atoms with E-state index in [2.05, 4.69) is 18.2 Å². The van der Waals surface area contributed by atoms with Gasteiger partial charge < -0.3 is 0 Å². The number of ketones is 1. The van der Waals surface area contributed by atoms with Crippen molar-refractivity contribution in [1.29, 1.82) is 0 Å². The summed E-state index contributed by atoms with van der Waals surface area (Å²) in [6, 6.07) is 10.3. The van der Waals surface area contributed by atoms with E-state index in [1.807, 2.05) is 31.2 Å². The van der Waals surface area contributed by atoms with E-state index in [1.165, 1.54) is 5.56 Å². The first kappa shape index (κ1) is 11.1. The molecule has 0 unspecified atom stereocenters. The van der Waals surface area contributed by atoms with Crippen LogP contribution in [-0.2, 0) is 11.2 Å². The minimum absolute atomic E-state index is 0.212. The molecule has 1 saturated carbocycles. The SMILES string of the molecule is C/C=C/[C@]1(Cc2ccccc2)CCCC1=O. The molecule has 1 fully saturated rings. The molecule has 1 nitrogen and oxygen atoms in total. The molecule has 0 aliphatic heterocycles. The fourth-order valence-corrected chi connectivity index (χ4v) is 2.65. The molecule has 0 spiro atoms. The maximum atomic E-state index is 12.0. The van der Waals surface area contributed by atoms with Gasteiger partial charge in [-0.15, -0.1) is 0 Å². The number of benzene rings is 1. The number of rotatable bonds is 3. The van der Waals surface area contributed by atoms with Crippen molar-refractivity contribution in [1.82, 2.24) is 0 Å². The molecule has 0 radical (unpaired) electrons. The Morgan fingerprint density at radius 3 is 2.62 bits per heavy atom. The molecular weight excluding hydrogens is 196 g/mol. The van der Waals surface area contributed by atoms with Gasteiger partial charge in [-0.3, -0.25) is 4.79 Å². The highest BCUT2D eigenvalue weighted by atomic mass is 16.1. The van der Waals surface area contributed by atoms with E-state index in [1.54, 1.807) is 0 Å². The molecule has 0 bridgehead atoms. The second kappa shape index (κ2) is 4.65. The van der Waals surface area contributed by atoms with E-state index < -0.39 is 0 Å². The zero-order valence-electron chi connectivity index (χ0n) is 9.78. The molecule has 1 aromatic rings.